The van der Waals surface area contributed by atoms with Crippen LogP contribution in [0.15, 0.2) is 36.5 Å². The van der Waals surface area contributed by atoms with Gasteiger partial charge < -0.3 is 13.9 Å². The lowest BCUT2D eigenvalue weighted by Gasteiger charge is -2.20. The Morgan fingerprint density at radius 2 is 1.71 bits per heavy atom. The predicted molar refractivity (Wildman–Crippen MR) is 84.3 cm³/mol. The van der Waals surface area contributed by atoms with Crippen LogP contribution in [0.3, 0.4) is 0 Å². The number of ether oxygens (including phenoxy) is 2. The third-order valence-electron chi connectivity index (χ3n) is 2.05. The van der Waals surface area contributed by atoms with Gasteiger partial charge in [-0.2, -0.15) is 0 Å². The second kappa shape index (κ2) is 10.1. The summed E-state index contributed by atoms with van der Waals surface area (Å²) < 4.78 is 15.0. The highest BCUT2D eigenvalue weighted by molar-refractivity contribution is 6.69. The lowest BCUT2D eigenvalue weighted by molar-refractivity contribution is -0.138. The van der Waals surface area contributed by atoms with Gasteiger partial charge in [0.2, 0.25) is 0 Å². The van der Waals surface area contributed by atoms with Crippen LogP contribution in [0.2, 0.25) is 19.6 Å². The van der Waals surface area contributed by atoms with Crippen LogP contribution in [0.5, 0.6) is 0 Å². The minimum atomic E-state index is -1.52. The molecule has 0 fully saturated rings. The normalized spacial score (nSPS) is 14.0. The lowest BCUT2D eigenvalue weighted by Crippen LogP contribution is -2.29. The van der Waals surface area contributed by atoms with E-state index in [1.54, 1.807) is 12.2 Å². The smallest absolute Gasteiger partial charge is 0.331 e. The average Bonchev–Trinajstić information content (AvgIpc) is 2.37. The van der Waals surface area contributed by atoms with E-state index in [9.17, 15) is 9.59 Å². The second-order valence-electron chi connectivity index (χ2n) is 5.23. The molecule has 0 aliphatic heterocycles. The number of carbonyl (C=O) groups excluding carboxylic acids is 2. The summed E-state index contributed by atoms with van der Waals surface area (Å²) in [5, 5.41) is 0. The summed E-state index contributed by atoms with van der Waals surface area (Å²) in [6, 6.07) is 0. The first-order valence-corrected chi connectivity index (χ1v) is 10.1. The van der Waals surface area contributed by atoms with E-state index in [2.05, 4.69) is 24.4 Å². The van der Waals surface area contributed by atoms with Crippen molar-refractivity contribution in [2.45, 2.75) is 32.7 Å². The molecule has 0 aromatic rings. The molecule has 6 heteroatoms. The molecule has 0 amide bonds. The SMILES string of the molecule is COC(=O)/C=C\C(=O)OC/C=C/C=C/[C@H](C)O[Si](C)(C)C. The van der Waals surface area contributed by atoms with Crippen LogP contribution in [0.1, 0.15) is 6.92 Å². The van der Waals surface area contributed by atoms with Gasteiger partial charge in [-0.25, -0.2) is 9.59 Å². The quantitative estimate of drug-likeness (QED) is 0.298. The van der Waals surface area contributed by atoms with Gasteiger partial charge in [-0.3, -0.25) is 0 Å². The second-order valence-corrected chi connectivity index (χ2v) is 9.70. The lowest BCUT2D eigenvalue weighted by atomic mass is 10.3. The Kier molecular flexibility index (Phi) is 9.32. The highest BCUT2D eigenvalue weighted by Gasteiger charge is 2.16. The van der Waals surface area contributed by atoms with E-state index in [1.807, 2.05) is 19.1 Å². The Bertz CT molecular complexity index is 418. The first-order valence-electron chi connectivity index (χ1n) is 6.68. The maximum atomic E-state index is 11.2. The first-order chi connectivity index (χ1) is 9.74. The van der Waals surface area contributed by atoms with Crippen molar-refractivity contribution in [3.8, 4) is 0 Å². The van der Waals surface area contributed by atoms with E-state index in [0.29, 0.717) is 0 Å². The molecule has 5 nitrogen and oxygen atoms in total. The highest BCUT2D eigenvalue weighted by atomic mass is 28.4. The van der Waals surface area contributed by atoms with Gasteiger partial charge in [0.1, 0.15) is 6.61 Å². The largest absolute Gasteiger partial charge is 0.466 e. The minimum Gasteiger partial charge on any atom is -0.466 e. The number of allylic oxidation sites excluding steroid dienone is 2. The van der Waals surface area contributed by atoms with Crippen LogP contribution in [0.25, 0.3) is 0 Å². The number of methoxy groups -OCH3 is 1. The summed E-state index contributed by atoms with van der Waals surface area (Å²) >= 11 is 0. The molecule has 0 spiro atoms. The van der Waals surface area contributed by atoms with E-state index < -0.39 is 20.3 Å². The summed E-state index contributed by atoms with van der Waals surface area (Å²) in [6.45, 7) is 8.52. The third-order valence-corrected chi connectivity index (χ3v) is 3.13. The zero-order valence-corrected chi connectivity index (χ0v) is 14.3. The van der Waals surface area contributed by atoms with Gasteiger partial charge in [0, 0.05) is 12.2 Å². The van der Waals surface area contributed by atoms with E-state index in [0.717, 1.165) is 12.2 Å². The molecule has 21 heavy (non-hydrogen) atoms. The number of hydrogen-bond acceptors (Lipinski definition) is 5. The fourth-order valence-corrected chi connectivity index (χ4v) is 2.53. The van der Waals surface area contributed by atoms with E-state index in [-0.39, 0.29) is 12.7 Å². The zero-order valence-electron chi connectivity index (χ0n) is 13.3. The molecule has 0 heterocycles. The molecule has 0 aromatic carbocycles. The van der Waals surface area contributed by atoms with Crippen molar-refractivity contribution >= 4 is 20.3 Å². The number of carbonyl (C=O) groups is 2. The first kappa shape index (κ1) is 19.3. The third kappa shape index (κ3) is 13.1. The fraction of sp³-hybridized carbons (Fsp3) is 0.467. The monoisotopic (exact) mass is 312 g/mol. The number of rotatable bonds is 8. The number of hydrogen-bond donors (Lipinski definition) is 0. The Hall–Kier alpha value is -1.66. The number of esters is 2. The summed E-state index contributed by atoms with van der Waals surface area (Å²) in [5.74, 6) is -1.19. The summed E-state index contributed by atoms with van der Waals surface area (Å²) in [5.41, 5.74) is 0. The van der Waals surface area contributed by atoms with Crippen LogP contribution < -0.4 is 0 Å². The van der Waals surface area contributed by atoms with Gasteiger partial charge in [-0.05, 0) is 32.6 Å². The van der Waals surface area contributed by atoms with Crippen molar-refractivity contribution in [1.82, 2.24) is 0 Å². The maximum absolute atomic E-state index is 11.2. The molecule has 0 aromatic heterocycles. The molecular formula is C15H24O5Si. The minimum absolute atomic E-state index is 0.0619. The molecule has 0 aliphatic carbocycles. The topological polar surface area (TPSA) is 61.8 Å². The van der Waals surface area contributed by atoms with Crippen LogP contribution in [-0.4, -0.2) is 40.1 Å². The summed E-state index contributed by atoms with van der Waals surface area (Å²) in [6.07, 6.45) is 9.37. The van der Waals surface area contributed by atoms with Gasteiger partial charge in [0.05, 0.1) is 13.2 Å². The Labute approximate surface area is 127 Å². The van der Waals surface area contributed by atoms with Crippen LogP contribution in [-0.2, 0) is 23.5 Å². The zero-order chi connectivity index (χ0) is 16.3. The highest BCUT2D eigenvalue weighted by Crippen LogP contribution is 2.07. The van der Waals surface area contributed by atoms with Crippen molar-refractivity contribution in [3.63, 3.8) is 0 Å². The van der Waals surface area contributed by atoms with Crippen molar-refractivity contribution in [1.29, 1.82) is 0 Å². The van der Waals surface area contributed by atoms with Gasteiger partial charge in [0.15, 0.2) is 8.32 Å². The molecule has 0 saturated carbocycles. The molecule has 0 rings (SSSR count). The van der Waals surface area contributed by atoms with Crippen LogP contribution >= 0.6 is 0 Å². The average molecular weight is 312 g/mol. The molecule has 118 valence electrons. The molecule has 0 saturated heterocycles. The Morgan fingerprint density at radius 1 is 1.10 bits per heavy atom. The van der Waals surface area contributed by atoms with Crippen molar-refractivity contribution < 1.29 is 23.5 Å². The Morgan fingerprint density at radius 3 is 2.29 bits per heavy atom. The maximum Gasteiger partial charge on any atom is 0.331 e. The van der Waals surface area contributed by atoms with Gasteiger partial charge in [-0.15, -0.1) is 0 Å². The van der Waals surface area contributed by atoms with Crippen LogP contribution in [0, 0.1) is 0 Å². The Balaban J connectivity index is 3.94. The van der Waals surface area contributed by atoms with E-state index in [1.165, 1.54) is 7.11 Å². The molecular weight excluding hydrogens is 288 g/mol. The van der Waals surface area contributed by atoms with E-state index in [4.69, 9.17) is 9.16 Å². The van der Waals surface area contributed by atoms with E-state index >= 15 is 0 Å². The van der Waals surface area contributed by atoms with Crippen molar-refractivity contribution in [2.24, 2.45) is 0 Å². The molecule has 0 N–H and O–H groups in total. The van der Waals surface area contributed by atoms with Gasteiger partial charge in [-0.1, -0.05) is 18.2 Å². The van der Waals surface area contributed by atoms with Crippen LogP contribution in [0.4, 0.5) is 0 Å². The summed E-state index contributed by atoms with van der Waals surface area (Å²) in [7, 11) is -0.286. The fourth-order valence-electron chi connectivity index (χ4n) is 1.33. The van der Waals surface area contributed by atoms with Crippen molar-refractivity contribution in [2.75, 3.05) is 13.7 Å². The molecule has 1 atom stereocenters. The molecule has 0 bridgehead atoms. The predicted octanol–water partition coefficient (Wildman–Crippen LogP) is 2.61. The van der Waals surface area contributed by atoms with Crippen molar-refractivity contribution in [3.05, 3.63) is 36.5 Å². The molecule has 0 unspecified atom stereocenters. The standard InChI is InChI=1S/C15H24O5Si/c1-13(20-21(3,4)5)9-7-6-8-12-19-15(17)11-10-14(16)18-2/h6-11,13H,12H2,1-5H3/b8-6+,9-7+,11-10-/t13-/m0/s1. The van der Waals surface area contributed by atoms with Gasteiger partial charge in [0.25, 0.3) is 0 Å². The molecule has 0 radical (unpaired) electrons. The molecule has 0 aliphatic rings. The van der Waals surface area contributed by atoms with Gasteiger partial charge >= 0.3 is 11.9 Å². The summed E-state index contributed by atoms with van der Waals surface area (Å²) in [4.78, 5) is 21.9.